The monoisotopic (exact) mass is 298 g/mol. The smallest absolute Gasteiger partial charge is 0.227 e. The minimum atomic E-state index is -0.409. The average Bonchev–Trinajstić information content (AvgIpc) is 2.84. The number of halogens is 1. The van der Waals surface area contributed by atoms with Crippen molar-refractivity contribution in [2.24, 2.45) is 5.73 Å². The van der Waals surface area contributed by atoms with Gasteiger partial charge < -0.3 is 10.5 Å². The molecule has 1 aromatic carbocycles. The Hall–Kier alpha value is -1.73. The van der Waals surface area contributed by atoms with Crippen molar-refractivity contribution in [2.75, 3.05) is 5.75 Å². The molecule has 1 heterocycles. The summed E-state index contributed by atoms with van der Waals surface area (Å²) in [5.41, 5.74) is 5.03. The number of nitrogens with one attached hydrogen (secondary N) is 1. The fourth-order valence-corrected chi connectivity index (χ4v) is 1.91. The number of amides is 1. The first-order valence-electron chi connectivity index (χ1n) is 5.34. The first-order valence-corrected chi connectivity index (χ1v) is 6.70. The lowest BCUT2D eigenvalue weighted by Gasteiger charge is -2.02. The molecule has 0 fully saturated rings. The van der Waals surface area contributed by atoms with Gasteiger partial charge in [0.2, 0.25) is 11.1 Å². The van der Waals surface area contributed by atoms with E-state index in [2.05, 4.69) is 15.2 Å². The van der Waals surface area contributed by atoms with Crippen LogP contribution in [-0.4, -0.2) is 26.8 Å². The quantitative estimate of drug-likeness (QED) is 0.790. The number of rotatable bonds is 6. The van der Waals surface area contributed by atoms with Crippen molar-refractivity contribution in [1.29, 1.82) is 0 Å². The second kappa shape index (κ2) is 6.44. The SMILES string of the molecule is NC(=O)CSc1n[nH]c(COc2ccc(Cl)cc2)n1. The van der Waals surface area contributed by atoms with E-state index >= 15 is 0 Å². The lowest BCUT2D eigenvalue weighted by molar-refractivity contribution is -0.115. The zero-order valence-electron chi connectivity index (χ0n) is 9.80. The normalized spacial score (nSPS) is 10.4. The third kappa shape index (κ3) is 4.46. The van der Waals surface area contributed by atoms with E-state index in [1.54, 1.807) is 24.3 Å². The third-order valence-electron chi connectivity index (χ3n) is 2.04. The summed E-state index contributed by atoms with van der Waals surface area (Å²) in [5, 5.41) is 7.77. The van der Waals surface area contributed by atoms with Crippen LogP contribution in [0.15, 0.2) is 29.4 Å². The van der Waals surface area contributed by atoms with Crippen LogP contribution in [0.1, 0.15) is 5.82 Å². The van der Waals surface area contributed by atoms with Crippen LogP contribution < -0.4 is 10.5 Å². The number of hydrogen-bond donors (Lipinski definition) is 2. The first-order chi connectivity index (χ1) is 9.13. The molecule has 0 radical (unpaired) electrons. The lowest BCUT2D eigenvalue weighted by atomic mass is 10.3. The van der Waals surface area contributed by atoms with E-state index < -0.39 is 5.91 Å². The van der Waals surface area contributed by atoms with Crippen LogP contribution in [0.4, 0.5) is 0 Å². The number of carbonyl (C=O) groups excluding carboxylic acids is 1. The van der Waals surface area contributed by atoms with Gasteiger partial charge in [-0.2, -0.15) is 0 Å². The van der Waals surface area contributed by atoms with Gasteiger partial charge in [0, 0.05) is 5.02 Å². The standard InChI is InChI=1S/C11H11ClN4O2S/c12-7-1-3-8(4-2-7)18-5-10-14-11(16-15-10)19-6-9(13)17/h1-4H,5-6H2,(H2,13,17)(H,14,15,16). The van der Waals surface area contributed by atoms with Crippen molar-refractivity contribution >= 4 is 29.3 Å². The number of thioether (sulfide) groups is 1. The zero-order chi connectivity index (χ0) is 13.7. The second-order valence-electron chi connectivity index (χ2n) is 3.56. The number of benzene rings is 1. The molecule has 3 N–H and O–H groups in total. The average molecular weight is 299 g/mol. The van der Waals surface area contributed by atoms with Gasteiger partial charge in [-0.05, 0) is 24.3 Å². The van der Waals surface area contributed by atoms with E-state index in [4.69, 9.17) is 22.1 Å². The first kappa shape index (κ1) is 13.7. The van der Waals surface area contributed by atoms with E-state index in [1.807, 2.05) is 0 Å². The molecule has 19 heavy (non-hydrogen) atoms. The summed E-state index contributed by atoms with van der Waals surface area (Å²) in [5.74, 6) is 0.998. The van der Waals surface area contributed by atoms with Crippen molar-refractivity contribution in [3.8, 4) is 5.75 Å². The molecule has 0 spiro atoms. The van der Waals surface area contributed by atoms with Crippen LogP contribution >= 0.6 is 23.4 Å². The van der Waals surface area contributed by atoms with Gasteiger partial charge in [0.25, 0.3) is 0 Å². The maximum atomic E-state index is 10.6. The molecule has 0 aliphatic rings. The Morgan fingerprint density at radius 1 is 1.42 bits per heavy atom. The zero-order valence-corrected chi connectivity index (χ0v) is 11.4. The highest BCUT2D eigenvalue weighted by Crippen LogP contribution is 2.17. The minimum absolute atomic E-state index is 0.148. The Kier molecular flexibility index (Phi) is 4.64. The predicted molar refractivity (Wildman–Crippen MR) is 72.1 cm³/mol. The number of nitrogens with two attached hydrogens (primary N) is 1. The van der Waals surface area contributed by atoms with E-state index in [0.29, 0.717) is 21.8 Å². The van der Waals surface area contributed by atoms with Gasteiger partial charge in [-0.3, -0.25) is 9.89 Å². The van der Waals surface area contributed by atoms with Crippen LogP contribution in [0.3, 0.4) is 0 Å². The molecule has 0 atom stereocenters. The molecule has 0 bridgehead atoms. The molecular formula is C11H11ClN4O2S. The summed E-state index contributed by atoms with van der Waals surface area (Å²) in [7, 11) is 0. The van der Waals surface area contributed by atoms with E-state index in [0.717, 1.165) is 0 Å². The summed E-state index contributed by atoms with van der Waals surface area (Å²) >= 11 is 6.94. The van der Waals surface area contributed by atoms with Crippen molar-refractivity contribution in [2.45, 2.75) is 11.8 Å². The second-order valence-corrected chi connectivity index (χ2v) is 4.94. The Labute approximate surface area is 118 Å². The van der Waals surface area contributed by atoms with Gasteiger partial charge in [-0.1, -0.05) is 23.4 Å². The molecule has 0 unspecified atom stereocenters. The Morgan fingerprint density at radius 2 is 2.16 bits per heavy atom. The highest BCUT2D eigenvalue weighted by molar-refractivity contribution is 7.99. The largest absolute Gasteiger partial charge is 0.486 e. The van der Waals surface area contributed by atoms with Crippen molar-refractivity contribution in [3.05, 3.63) is 35.1 Å². The fraction of sp³-hybridized carbons (Fsp3) is 0.182. The molecule has 100 valence electrons. The van der Waals surface area contributed by atoms with Crippen LogP contribution in [0, 0.1) is 0 Å². The topological polar surface area (TPSA) is 93.9 Å². The number of carbonyl (C=O) groups is 1. The molecular weight excluding hydrogens is 288 g/mol. The molecule has 0 saturated carbocycles. The maximum absolute atomic E-state index is 10.6. The summed E-state index contributed by atoms with van der Waals surface area (Å²) in [4.78, 5) is 14.8. The number of aromatic nitrogens is 3. The fourth-order valence-electron chi connectivity index (χ4n) is 1.23. The molecule has 2 aromatic rings. The Balaban J connectivity index is 1.86. The highest BCUT2D eigenvalue weighted by Gasteiger charge is 2.06. The highest BCUT2D eigenvalue weighted by atomic mass is 35.5. The number of nitrogens with zero attached hydrogens (tertiary/aromatic N) is 2. The van der Waals surface area contributed by atoms with E-state index in [1.165, 1.54) is 11.8 Å². The van der Waals surface area contributed by atoms with Crippen LogP contribution in [0.25, 0.3) is 0 Å². The molecule has 2 rings (SSSR count). The van der Waals surface area contributed by atoms with Crippen molar-refractivity contribution in [3.63, 3.8) is 0 Å². The number of primary amides is 1. The van der Waals surface area contributed by atoms with Gasteiger partial charge in [0.15, 0.2) is 5.82 Å². The summed E-state index contributed by atoms with van der Waals surface area (Å²) in [6.07, 6.45) is 0. The van der Waals surface area contributed by atoms with E-state index in [-0.39, 0.29) is 12.4 Å². The minimum Gasteiger partial charge on any atom is -0.486 e. The molecule has 8 heteroatoms. The Morgan fingerprint density at radius 3 is 2.84 bits per heavy atom. The summed E-state index contributed by atoms with van der Waals surface area (Å²) in [6.45, 7) is 0.256. The summed E-state index contributed by atoms with van der Waals surface area (Å²) in [6, 6.07) is 7.01. The molecule has 6 nitrogen and oxygen atoms in total. The predicted octanol–water partition coefficient (Wildman–Crippen LogP) is 1.61. The molecule has 1 amide bonds. The van der Waals surface area contributed by atoms with Crippen LogP contribution in [0.2, 0.25) is 5.02 Å². The number of ether oxygens (including phenoxy) is 1. The van der Waals surface area contributed by atoms with Gasteiger partial charge in [0.05, 0.1) is 5.75 Å². The number of aromatic amines is 1. The van der Waals surface area contributed by atoms with Crippen molar-refractivity contribution in [1.82, 2.24) is 15.2 Å². The van der Waals surface area contributed by atoms with Crippen LogP contribution in [-0.2, 0) is 11.4 Å². The van der Waals surface area contributed by atoms with Gasteiger partial charge in [-0.15, -0.1) is 5.10 Å². The van der Waals surface area contributed by atoms with Crippen molar-refractivity contribution < 1.29 is 9.53 Å². The van der Waals surface area contributed by atoms with Gasteiger partial charge in [-0.25, -0.2) is 4.98 Å². The molecule has 0 aliphatic heterocycles. The van der Waals surface area contributed by atoms with E-state index in [9.17, 15) is 4.79 Å². The molecule has 0 aliphatic carbocycles. The summed E-state index contributed by atoms with van der Waals surface area (Å²) < 4.78 is 5.49. The molecule has 0 saturated heterocycles. The number of hydrogen-bond acceptors (Lipinski definition) is 5. The maximum Gasteiger partial charge on any atom is 0.227 e. The lowest BCUT2D eigenvalue weighted by Crippen LogP contribution is -2.13. The van der Waals surface area contributed by atoms with Gasteiger partial charge in [0.1, 0.15) is 12.4 Å². The van der Waals surface area contributed by atoms with Crippen LogP contribution in [0.5, 0.6) is 5.75 Å². The Bertz CT molecular complexity index is 558. The van der Waals surface area contributed by atoms with Gasteiger partial charge >= 0.3 is 0 Å². The number of H-pyrrole nitrogens is 1. The third-order valence-corrected chi connectivity index (χ3v) is 3.17. The molecule has 1 aromatic heterocycles.